The van der Waals surface area contributed by atoms with Crippen molar-refractivity contribution in [3.05, 3.63) is 0 Å². The summed E-state index contributed by atoms with van der Waals surface area (Å²) in [6.45, 7) is 3.56. The van der Waals surface area contributed by atoms with E-state index in [-0.39, 0.29) is 19.1 Å². The third-order valence-corrected chi connectivity index (χ3v) is 1.50. The molecule has 5 heteroatoms. The molecule has 0 aliphatic carbocycles. The lowest BCUT2D eigenvalue weighted by atomic mass is 10.1. The van der Waals surface area contributed by atoms with Crippen molar-refractivity contribution in [1.82, 2.24) is 5.06 Å². The molecule has 0 radical (unpaired) electrons. The summed E-state index contributed by atoms with van der Waals surface area (Å²) in [5, 5.41) is 10.5. The Bertz CT molecular complexity index is 188. The van der Waals surface area contributed by atoms with Gasteiger partial charge in [-0.25, -0.2) is 5.06 Å². The van der Waals surface area contributed by atoms with Crippen LogP contribution in [0.5, 0.6) is 0 Å². The molecular weight excluding hydrogens is 160 g/mol. The Morgan fingerprint density at radius 1 is 1.83 bits per heavy atom. The number of hydrogen-bond donors (Lipinski definition) is 2. The number of carbonyl (C=O) groups is 1. The number of hydrogen-bond acceptors (Lipinski definition) is 4. The second kappa shape index (κ2) is 3.01. The first kappa shape index (κ1) is 9.44. The van der Waals surface area contributed by atoms with E-state index >= 15 is 0 Å². The molecule has 1 aliphatic heterocycles. The third-order valence-electron chi connectivity index (χ3n) is 1.50. The monoisotopic (exact) mass is 174 g/mol. The van der Waals surface area contributed by atoms with Gasteiger partial charge in [0.2, 0.25) is 0 Å². The molecule has 1 heterocycles. The Balaban J connectivity index is 2.50. The van der Waals surface area contributed by atoms with Crippen molar-refractivity contribution in [2.45, 2.75) is 25.5 Å². The summed E-state index contributed by atoms with van der Waals surface area (Å²) in [4.78, 5) is 16.1. The number of nitrogens with two attached hydrogens (primary N) is 1. The van der Waals surface area contributed by atoms with Crippen LogP contribution in [0.3, 0.4) is 0 Å². The van der Waals surface area contributed by atoms with Crippen molar-refractivity contribution >= 4 is 5.91 Å². The quantitative estimate of drug-likeness (QED) is 0.554. The average molecular weight is 174 g/mol. The van der Waals surface area contributed by atoms with Crippen molar-refractivity contribution in [3.63, 3.8) is 0 Å². The highest BCUT2D eigenvalue weighted by molar-refractivity contribution is 5.82. The fourth-order valence-electron chi connectivity index (χ4n) is 0.965. The van der Waals surface area contributed by atoms with Gasteiger partial charge in [0, 0.05) is 0 Å². The van der Waals surface area contributed by atoms with E-state index in [1.54, 1.807) is 13.8 Å². The fraction of sp³-hybridized carbons (Fsp3) is 0.857. The van der Waals surface area contributed by atoms with Crippen LogP contribution < -0.4 is 5.73 Å². The van der Waals surface area contributed by atoms with E-state index < -0.39 is 11.6 Å². The first-order chi connectivity index (χ1) is 5.40. The molecule has 3 N–H and O–H groups in total. The standard InChI is InChI=1S/C7H14N2O3/c1-7(2,11)4-9-6(10)5(8)3-12-9/h5,11H,3-4,8H2,1-2H3. The smallest absolute Gasteiger partial charge is 0.265 e. The Hall–Kier alpha value is -0.650. The van der Waals surface area contributed by atoms with E-state index in [2.05, 4.69) is 0 Å². The highest BCUT2D eigenvalue weighted by Crippen LogP contribution is 2.11. The summed E-state index contributed by atoms with van der Waals surface area (Å²) < 4.78 is 0. The number of β-amino-alcohol motifs (C(OH)–C–C–N with tert-alkyl or cyclic N) is 1. The summed E-state index contributed by atoms with van der Waals surface area (Å²) in [5.74, 6) is -0.267. The van der Waals surface area contributed by atoms with Gasteiger partial charge in [0.1, 0.15) is 6.04 Å². The summed E-state index contributed by atoms with van der Waals surface area (Å²) in [6.07, 6.45) is 0. The van der Waals surface area contributed by atoms with Crippen molar-refractivity contribution < 1.29 is 14.7 Å². The van der Waals surface area contributed by atoms with Gasteiger partial charge in [-0.05, 0) is 13.8 Å². The molecule has 0 aromatic rings. The summed E-state index contributed by atoms with van der Waals surface area (Å²) in [6, 6.07) is -0.577. The van der Waals surface area contributed by atoms with E-state index in [9.17, 15) is 9.90 Å². The third kappa shape index (κ3) is 2.17. The molecule has 12 heavy (non-hydrogen) atoms. The second-order valence-electron chi connectivity index (χ2n) is 3.59. The van der Waals surface area contributed by atoms with Gasteiger partial charge >= 0.3 is 0 Å². The largest absolute Gasteiger partial charge is 0.389 e. The minimum atomic E-state index is -0.945. The first-order valence-corrected chi connectivity index (χ1v) is 3.82. The molecule has 0 saturated carbocycles. The van der Waals surface area contributed by atoms with E-state index in [1.807, 2.05) is 0 Å². The first-order valence-electron chi connectivity index (χ1n) is 3.82. The van der Waals surface area contributed by atoms with Gasteiger partial charge in [0.05, 0.1) is 18.8 Å². The zero-order valence-electron chi connectivity index (χ0n) is 7.28. The summed E-state index contributed by atoms with van der Waals surface area (Å²) in [5.41, 5.74) is 4.44. The van der Waals surface area contributed by atoms with Crippen LogP contribution in [-0.4, -0.2) is 40.9 Å². The Kier molecular flexibility index (Phi) is 2.36. The van der Waals surface area contributed by atoms with Crippen LogP contribution >= 0.6 is 0 Å². The predicted molar refractivity (Wildman–Crippen MR) is 41.9 cm³/mol. The van der Waals surface area contributed by atoms with Crippen LogP contribution in [0.2, 0.25) is 0 Å². The maximum atomic E-state index is 11.1. The maximum absolute atomic E-state index is 11.1. The lowest BCUT2D eigenvalue weighted by Gasteiger charge is -2.23. The number of hydroxylamine groups is 2. The number of rotatable bonds is 2. The molecule has 70 valence electrons. The zero-order valence-corrected chi connectivity index (χ0v) is 7.28. The number of amides is 1. The molecule has 1 fully saturated rings. The molecule has 1 atom stereocenters. The predicted octanol–water partition coefficient (Wildman–Crippen LogP) is -1.14. The van der Waals surface area contributed by atoms with Crippen LogP contribution in [-0.2, 0) is 9.63 Å². The van der Waals surface area contributed by atoms with Crippen LogP contribution in [0.15, 0.2) is 0 Å². The Morgan fingerprint density at radius 3 is 2.75 bits per heavy atom. The van der Waals surface area contributed by atoms with Gasteiger partial charge < -0.3 is 10.8 Å². The second-order valence-corrected chi connectivity index (χ2v) is 3.59. The summed E-state index contributed by atoms with van der Waals surface area (Å²) in [7, 11) is 0. The van der Waals surface area contributed by atoms with Crippen LogP contribution in [0.1, 0.15) is 13.8 Å². The molecule has 1 rings (SSSR count). The maximum Gasteiger partial charge on any atom is 0.265 e. The van der Waals surface area contributed by atoms with Crippen LogP contribution in [0, 0.1) is 0 Å². The number of aliphatic hydroxyl groups is 1. The van der Waals surface area contributed by atoms with Crippen molar-refractivity contribution in [2.75, 3.05) is 13.2 Å². The van der Waals surface area contributed by atoms with Gasteiger partial charge in [-0.15, -0.1) is 0 Å². The minimum absolute atomic E-state index is 0.152. The van der Waals surface area contributed by atoms with Gasteiger partial charge in [-0.2, -0.15) is 0 Å². The van der Waals surface area contributed by atoms with Gasteiger partial charge in [0.15, 0.2) is 0 Å². The number of carbonyl (C=O) groups excluding carboxylic acids is 1. The topological polar surface area (TPSA) is 75.8 Å². The average Bonchev–Trinajstić information content (AvgIpc) is 2.16. The Morgan fingerprint density at radius 2 is 2.42 bits per heavy atom. The van der Waals surface area contributed by atoms with Crippen LogP contribution in [0.25, 0.3) is 0 Å². The molecule has 0 aromatic heterocycles. The molecule has 5 nitrogen and oxygen atoms in total. The molecule has 1 saturated heterocycles. The van der Waals surface area contributed by atoms with Crippen molar-refractivity contribution in [3.8, 4) is 0 Å². The van der Waals surface area contributed by atoms with E-state index in [4.69, 9.17) is 10.6 Å². The van der Waals surface area contributed by atoms with Crippen molar-refractivity contribution in [1.29, 1.82) is 0 Å². The van der Waals surface area contributed by atoms with Crippen molar-refractivity contribution in [2.24, 2.45) is 5.73 Å². The highest BCUT2D eigenvalue weighted by atomic mass is 16.7. The lowest BCUT2D eigenvalue weighted by molar-refractivity contribution is -0.173. The molecular formula is C7H14N2O3. The number of nitrogens with zero attached hydrogens (tertiary/aromatic N) is 1. The van der Waals surface area contributed by atoms with Crippen LogP contribution in [0.4, 0.5) is 0 Å². The van der Waals surface area contributed by atoms with Gasteiger partial charge in [-0.3, -0.25) is 9.63 Å². The fourth-order valence-corrected chi connectivity index (χ4v) is 0.965. The molecule has 1 aliphatic rings. The van der Waals surface area contributed by atoms with E-state index in [1.165, 1.54) is 0 Å². The SMILES string of the molecule is CC(C)(O)CN1OCC(N)C1=O. The molecule has 0 spiro atoms. The minimum Gasteiger partial charge on any atom is -0.389 e. The molecule has 0 aromatic carbocycles. The normalized spacial score (nSPS) is 25.2. The zero-order chi connectivity index (χ0) is 9.35. The molecule has 0 bridgehead atoms. The highest BCUT2D eigenvalue weighted by Gasteiger charge is 2.33. The van der Waals surface area contributed by atoms with Gasteiger partial charge in [-0.1, -0.05) is 0 Å². The van der Waals surface area contributed by atoms with E-state index in [0.717, 1.165) is 5.06 Å². The summed E-state index contributed by atoms with van der Waals surface area (Å²) >= 11 is 0. The van der Waals surface area contributed by atoms with E-state index in [0.29, 0.717) is 0 Å². The molecule has 1 amide bonds. The Labute approximate surface area is 71.0 Å². The van der Waals surface area contributed by atoms with Gasteiger partial charge in [0.25, 0.3) is 5.91 Å². The lowest BCUT2D eigenvalue weighted by Crippen LogP contribution is -2.41. The molecule has 1 unspecified atom stereocenters.